The predicted molar refractivity (Wildman–Crippen MR) is 69.8 cm³/mol. The summed E-state index contributed by atoms with van der Waals surface area (Å²) in [4.78, 5) is 14.8. The molecule has 5 nitrogen and oxygen atoms in total. The van der Waals surface area contributed by atoms with Crippen molar-refractivity contribution in [1.29, 1.82) is 0 Å². The molecule has 0 fully saturated rings. The van der Waals surface area contributed by atoms with Crippen molar-refractivity contribution >= 4 is 17.6 Å². The molecule has 7 heteroatoms. The standard InChI is InChI=1S/C13H9ClFNO4/c1-20-11-3-2-9(13(18)19)16-12(11)6-4-7(14)10(17)5-8(6)15/h2-5,17H,1H3,(H,18,19). The number of hydrogen-bond donors (Lipinski definition) is 2. The van der Waals surface area contributed by atoms with E-state index >= 15 is 0 Å². The largest absolute Gasteiger partial charge is 0.506 e. The number of hydrogen-bond acceptors (Lipinski definition) is 4. The van der Waals surface area contributed by atoms with Gasteiger partial charge in [-0.25, -0.2) is 14.2 Å². The highest BCUT2D eigenvalue weighted by Crippen LogP contribution is 2.35. The minimum Gasteiger partial charge on any atom is -0.506 e. The number of aromatic nitrogens is 1. The summed E-state index contributed by atoms with van der Waals surface area (Å²) in [5.41, 5.74) is -0.330. The van der Waals surface area contributed by atoms with Crippen LogP contribution in [0.25, 0.3) is 11.3 Å². The second-order valence-electron chi connectivity index (χ2n) is 3.84. The summed E-state index contributed by atoms with van der Waals surface area (Å²) in [5.74, 6) is -2.27. The molecule has 0 amide bonds. The Morgan fingerprint density at radius 2 is 2.10 bits per heavy atom. The molecule has 2 aromatic rings. The van der Waals surface area contributed by atoms with Gasteiger partial charge >= 0.3 is 5.97 Å². The number of carboxylic acids is 1. The second-order valence-corrected chi connectivity index (χ2v) is 4.24. The Bertz CT molecular complexity index is 690. The molecular weight excluding hydrogens is 289 g/mol. The maximum absolute atomic E-state index is 13.9. The average molecular weight is 298 g/mol. The van der Waals surface area contributed by atoms with Crippen LogP contribution in [-0.4, -0.2) is 28.3 Å². The van der Waals surface area contributed by atoms with Gasteiger partial charge in [-0.2, -0.15) is 0 Å². The van der Waals surface area contributed by atoms with Crippen LogP contribution in [0, 0.1) is 5.82 Å². The predicted octanol–water partition coefficient (Wildman–Crippen LogP) is 2.95. The third kappa shape index (κ3) is 2.50. The number of ether oxygens (including phenoxy) is 1. The van der Waals surface area contributed by atoms with Crippen molar-refractivity contribution < 1.29 is 24.1 Å². The number of nitrogens with zero attached hydrogens (tertiary/aromatic N) is 1. The van der Waals surface area contributed by atoms with E-state index in [4.69, 9.17) is 21.4 Å². The molecular formula is C13H9ClFNO4. The van der Waals surface area contributed by atoms with E-state index in [1.54, 1.807) is 0 Å². The molecule has 2 N–H and O–H groups in total. The van der Waals surface area contributed by atoms with Crippen molar-refractivity contribution in [3.63, 3.8) is 0 Å². The first-order valence-corrected chi connectivity index (χ1v) is 5.78. The van der Waals surface area contributed by atoms with E-state index in [2.05, 4.69) is 4.98 Å². The van der Waals surface area contributed by atoms with Gasteiger partial charge in [-0.15, -0.1) is 0 Å². The summed E-state index contributed by atoms with van der Waals surface area (Å²) in [7, 11) is 1.35. The number of carboxylic acid groups (broad SMARTS) is 1. The van der Waals surface area contributed by atoms with Gasteiger partial charge in [0.25, 0.3) is 0 Å². The van der Waals surface area contributed by atoms with Crippen LogP contribution in [0.2, 0.25) is 5.02 Å². The number of phenolic OH excluding ortho intramolecular Hbond substituents is 1. The molecule has 104 valence electrons. The van der Waals surface area contributed by atoms with Crippen LogP contribution in [0.1, 0.15) is 10.5 Å². The van der Waals surface area contributed by atoms with Crippen molar-refractivity contribution in [3.8, 4) is 22.8 Å². The number of benzene rings is 1. The van der Waals surface area contributed by atoms with Crippen LogP contribution < -0.4 is 4.74 Å². The zero-order chi connectivity index (χ0) is 14.9. The Hall–Kier alpha value is -2.34. The van der Waals surface area contributed by atoms with Crippen LogP contribution in [0.4, 0.5) is 4.39 Å². The molecule has 0 radical (unpaired) electrons. The molecule has 0 unspecified atom stereocenters. The summed E-state index contributed by atoms with van der Waals surface area (Å²) in [6.45, 7) is 0. The Morgan fingerprint density at radius 3 is 2.70 bits per heavy atom. The normalized spacial score (nSPS) is 10.3. The minimum absolute atomic E-state index is 0.00759. The Kier molecular flexibility index (Phi) is 3.76. The lowest BCUT2D eigenvalue weighted by molar-refractivity contribution is 0.0690. The van der Waals surface area contributed by atoms with E-state index in [-0.39, 0.29) is 27.7 Å². The summed E-state index contributed by atoms with van der Waals surface area (Å²) < 4.78 is 18.9. The van der Waals surface area contributed by atoms with Crippen molar-refractivity contribution in [1.82, 2.24) is 4.98 Å². The smallest absolute Gasteiger partial charge is 0.354 e. The van der Waals surface area contributed by atoms with Crippen molar-refractivity contribution in [3.05, 3.63) is 40.8 Å². The van der Waals surface area contributed by atoms with Crippen LogP contribution in [0.15, 0.2) is 24.3 Å². The number of carbonyl (C=O) groups is 1. The fraction of sp³-hybridized carbons (Fsp3) is 0.0769. The lowest BCUT2D eigenvalue weighted by Gasteiger charge is -2.10. The Balaban J connectivity index is 2.70. The third-order valence-corrected chi connectivity index (χ3v) is 2.89. The Labute approximate surface area is 118 Å². The van der Waals surface area contributed by atoms with Gasteiger partial charge in [0.1, 0.15) is 28.7 Å². The second kappa shape index (κ2) is 5.34. The minimum atomic E-state index is -1.25. The van der Waals surface area contributed by atoms with Crippen molar-refractivity contribution in [2.45, 2.75) is 0 Å². The lowest BCUT2D eigenvalue weighted by atomic mass is 10.1. The molecule has 1 heterocycles. The van der Waals surface area contributed by atoms with Gasteiger partial charge < -0.3 is 14.9 Å². The van der Waals surface area contributed by atoms with Crippen LogP contribution >= 0.6 is 11.6 Å². The number of pyridine rings is 1. The van der Waals surface area contributed by atoms with E-state index in [0.717, 1.165) is 12.1 Å². The van der Waals surface area contributed by atoms with Gasteiger partial charge in [-0.05, 0) is 18.2 Å². The molecule has 0 saturated heterocycles. The lowest BCUT2D eigenvalue weighted by Crippen LogP contribution is -2.03. The zero-order valence-corrected chi connectivity index (χ0v) is 11.0. The van der Waals surface area contributed by atoms with Gasteiger partial charge in [-0.3, -0.25) is 0 Å². The maximum Gasteiger partial charge on any atom is 0.354 e. The fourth-order valence-electron chi connectivity index (χ4n) is 1.64. The van der Waals surface area contributed by atoms with Gasteiger partial charge in [-0.1, -0.05) is 11.6 Å². The monoisotopic (exact) mass is 297 g/mol. The summed E-state index contributed by atoms with van der Waals surface area (Å²) in [6.07, 6.45) is 0. The zero-order valence-electron chi connectivity index (χ0n) is 10.2. The quantitative estimate of drug-likeness (QED) is 0.910. The number of rotatable bonds is 3. The highest BCUT2D eigenvalue weighted by Gasteiger charge is 2.17. The highest BCUT2D eigenvalue weighted by atomic mass is 35.5. The summed E-state index contributed by atoms with van der Waals surface area (Å²) in [5, 5.41) is 18.2. The van der Waals surface area contributed by atoms with E-state index in [9.17, 15) is 14.3 Å². The van der Waals surface area contributed by atoms with Gasteiger partial charge in [0, 0.05) is 11.6 Å². The fourth-order valence-corrected chi connectivity index (χ4v) is 1.80. The number of aromatic carboxylic acids is 1. The molecule has 0 spiro atoms. The summed E-state index contributed by atoms with van der Waals surface area (Å²) in [6, 6.07) is 4.59. The SMILES string of the molecule is COc1ccc(C(=O)O)nc1-c1cc(Cl)c(O)cc1F. The van der Waals surface area contributed by atoms with Crippen LogP contribution in [0.3, 0.4) is 0 Å². The van der Waals surface area contributed by atoms with E-state index in [1.807, 2.05) is 0 Å². The highest BCUT2D eigenvalue weighted by molar-refractivity contribution is 6.32. The maximum atomic E-state index is 13.9. The van der Waals surface area contributed by atoms with Gasteiger partial charge in [0.05, 0.1) is 12.1 Å². The first-order valence-electron chi connectivity index (χ1n) is 5.40. The number of phenols is 1. The molecule has 1 aromatic carbocycles. The van der Waals surface area contributed by atoms with Gasteiger partial charge in [0.15, 0.2) is 0 Å². The van der Waals surface area contributed by atoms with E-state index in [1.165, 1.54) is 19.2 Å². The average Bonchev–Trinajstić information content (AvgIpc) is 2.42. The molecule has 0 aliphatic rings. The topological polar surface area (TPSA) is 79.7 Å². The molecule has 0 atom stereocenters. The molecule has 0 aliphatic heterocycles. The van der Waals surface area contributed by atoms with E-state index < -0.39 is 17.5 Å². The number of halogens is 2. The first-order chi connectivity index (χ1) is 9.43. The number of methoxy groups -OCH3 is 1. The molecule has 0 bridgehead atoms. The van der Waals surface area contributed by atoms with Gasteiger partial charge in [0.2, 0.25) is 0 Å². The van der Waals surface area contributed by atoms with Crippen LogP contribution in [0.5, 0.6) is 11.5 Å². The third-order valence-electron chi connectivity index (χ3n) is 2.59. The van der Waals surface area contributed by atoms with E-state index in [0.29, 0.717) is 0 Å². The molecule has 2 rings (SSSR count). The molecule has 0 saturated carbocycles. The Morgan fingerprint density at radius 1 is 1.40 bits per heavy atom. The molecule has 1 aromatic heterocycles. The molecule has 0 aliphatic carbocycles. The summed E-state index contributed by atoms with van der Waals surface area (Å²) >= 11 is 5.73. The first kappa shape index (κ1) is 14.1. The number of aromatic hydroxyl groups is 1. The van der Waals surface area contributed by atoms with Crippen LogP contribution in [-0.2, 0) is 0 Å². The van der Waals surface area contributed by atoms with Crippen molar-refractivity contribution in [2.24, 2.45) is 0 Å². The molecule has 20 heavy (non-hydrogen) atoms. The van der Waals surface area contributed by atoms with Crippen molar-refractivity contribution in [2.75, 3.05) is 7.11 Å².